The maximum Gasteiger partial charge on any atom is 0.226 e. The van der Waals surface area contributed by atoms with Crippen LogP contribution >= 0.6 is 0 Å². The van der Waals surface area contributed by atoms with Crippen molar-refractivity contribution in [3.05, 3.63) is 59.4 Å². The van der Waals surface area contributed by atoms with E-state index in [9.17, 15) is 4.79 Å². The zero-order valence-corrected chi connectivity index (χ0v) is 11.9. The van der Waals surface area contributed by atoms with Crippen LogP contribution in [0.25, 0.3) is 0 Å². The standard InChI is InChI=1S/C17H19N3O/c18-13-7-8-15-12(10-13)4-3-6-16(15)20-17(21)11-14-5-1-2-9-19-14/h1-2,5,7-10,16H,3-4,6,11,18H2,(H,20,21). The number of rotatable bonds is 3. The fraction of sp³-hybridized carbons (Fsp3) is 0.294. The Kier molecular flexibility index (Phi) is 3.86. The highest BCUT2D eigenvalue weighted by atomic mass is 16.1. The van der Waals surface area contributed by atoms with E-state index >= 15 is 0 Å². The minimum Gasteiger partial charge on any atom is -0.399 e. The number of benzene rings is 1. The molecule has 3 rings (SSSR count). The predicted molar refractivity (Wildman–Crippen MR) is 82.6 cm³/mol. The van der Waals surface area contributed by atoms with Gasteiger partial charge in [-0.15, -0.1) is 0 Å². The highest BCUT2D eigenvalue weighted by Crippen LogP contribution is 2.30. The first-order chi connectivity index (χ1) is 10.2. The number of aromatic nitrogens is 1. The van der Waals surface area contributed by atoms with Crippen molar-refractivity contribution in [3.63, 3.8) is 0 Å². The van der Waals surface area contributed by atoms with E-state index in [1.165, 1.54) is 11.1 Å². The van der Waals surface area contributed by atoms with Crippen LogP contribution in [0.4, 0.5) is 5.69 Å². The number of hydrogen-bond donors (Lipinski definition) is 2. The number of carbonyl (C=O) groups is 1. The topological polar surface area (TPSA) is 68.0 Å². The molecule has 4 heteroatoms. The number of nitrogens with one attached hydrogen (secondary N) is 1. The molecule has 0 fully saturated rings. The zero-order valence-electron chi connectivity index (χ0n) is 11.9. The summed E-state index contributed by atoms with van der Waals surface area (Å²) < 4.78 is 0. The minimum absolute atomic E-state index is 0.0170. The van der Waals surface area contributed by atoms with Gasteiger partial charge in [-0.2, -0.15) is 0 Å². The number of nitrogens with zero attached hydrogens (tertiary/aromatic N) is 1. The molecule has 0 radical (unpaired) electrons. The number of hydrogen-bond acceptors (Lipinski definition) is 3. The maximum atomic E-state index is 12.2. The van der Waals surface area contributed by atoms with Gasteiger partial charge in [-0.25, -0.2) is 0 Å². The third-order valence-electron chi connectivity index (χ3n) is 3.88. The molecule has 1 aliphatic rings. The molecule has 1 aromatic carbocycles. The van der Waals surface area contributed by atoms with Gasteiger partial charge in [-0.05, 0) is 54.7 Å². The van der Waals surface area contributed by atoms with E-state index in [-0.39, 0.29) is 11.9 Å². The van der Waals surface area contributed by atoms with Gasteiger partial charge >= 0.3 is 0 Å². The van der Waals surface area contributed by atoms with Crippen LogP contribution in [-0.4, -0.2) is 10.9 Å². The lowest BCUT2D eigenvalue weighted by atomic mass is 9.87. The van der Waals surface area contributed by atoms with Crippen molar-refractivity contribution in [3.8, 4) is 0 Å². The van der Waals surface area contributed by atoms with Gasteiger partial charge in [0.15, 0.2) is 0 Å². The van der Waals surface area contributed by atoms with Gasteiger partial charge in [0.25, 0.3) is 0 Å². The lowest BCUT2D eigenvalue weighted by Crippen LogP contribution is -2.32. The summed E-state index contributed by atoms with van der Waals surface area (Å²) in [5, 5.41) is 3.12. The molecule has 1 heterocycles. The number of fused-ring (bicyclic) bond motifs is 1. The number of nitrogens with two attached hydrogens (primary N) is 1. The van der Waals surface area contributed by atoms with Gasteiger partial charge in [-0.1, -0.05) is 12.1 Å². The molecule has 1 aromatic heterocycles. The number of aryl methyl sites for hydroxylation is 1. The van der Waals surface area contributed by atoms with Gasteiger partial charge in [-0.3, -0.25) is 9.78 Å². The summed E-state index contributed by atoms with van der Waals surface area (Å²) in [4.78, 5) is 16.4. The van der Waals surface area contributed by atoms with Gasteiger partial charge in [0.2, 0.25) is 5.91 Å². The number of amides is 1. The monoisotopic (exact) mass is 281 g/mol. The summed E-state index contributed by atoms with van der Waals surface area (Å²) in [5.74, 6) is 0.0170. The number of pyridine rings is 1. The largest absolute Gasteiger partial charge is 0.399 e. The molecule has 4 nitrogen and oxygen atoms in total. The Hall–Kier alpha value is -2.36. The number of carbonyl (C=O) groups excluding carboxylic acids is 1. The molecule has 1 unspecified atom stereocenters. The van der Waals surface area contributed by atoms with Crippen LogP contribution < -0.4 is 11.1 Å². The summed E-state index contributed by atoms with van der Waals surface area (Å²) in [7, 11) is 0. The van der Waals surface area contributed by atoms with Crippen molar-refractivity contribution in [1.29, 1.82) is 0 Å². The highest BCUT2D eigenvalue weighted by Gasteiger charge is 2.21. The minimum atomic E-state index is 0.0170. The molecule has 1 atom stereocenters. The van der Waals surface area contributed by atoms with Crippen LogP contribution in [0, 0.1) is 0 Å². The molecule has 21 heavy (non-hydrogen) atoms. The molecule has 0 aliphatic heterocycles. The summed E-state index contributed by atoms with van der Waals surface area (Å²) in [6.45, 7) is 0. The average Bonchev–Trinajstić information content (AvgIpc) is 2.48. The fourth-order valence-electron chi connectivity index (χ4n) is 2.90. The summed E-state index contributed by atoms with van der Waals surface area (Å²) >= 11 is 0. The molecular weight excluding hydrogens is 262 g/mol. The molecule has 2 aromatic rings. The molecule has 0 saturated heterocycles. The Morgan fingerprint density at radius 1 is 1.33 bits per heavy atom. The molecule has 0 saturated carbocycles. The second-order valence-electron chi connectivity index (χ2n) is 5.47. The summed E-state index contributed by atoms with van der Waals surface area (Å²) in [5.41, 5.74) is 9.87. The van der Waals surface area contributed by atoms with Crippen molar-refractivity contribution in [2.45, 2.75) is 31.7 Å². The van der Waals surface area contributed by atoms with Gasteiger partial charge < -0.3 is 11.1 Å². The van der Waals surface area contributed by atoms with E-state index in [2.05, 4.69) is 10.3 Å². The van der Waals surface area contributed by atoms with Crippen LogP contribution in [0.15, 0.2) is 42.6 Å². The quantitative estimate of drug-likeness (QED) is 0.849. The third kappa shape index (κ3) is 3.21. The van der Waals surface area contributed by atoms with E-state index in [1.54, 1.807) is 6.20 Å². The van der Waals surface area contributed by atoms with Crippen LogP contribution in [0.5, 0.6) is 0 Å². The lowest BCUT2D eigenvalue weighted by molar-refractivity contribution is -0.121. The summed E-state index contributed by atoms with van der Waals surface area (Å²) in [6.07, 6.45) is 5.12. The first kappa shape index (κ1) is 13.6. The van der Waals surface area contributed by atoms with E-state index < -0.39 is 0 Å². The number of anilines is 1. The lowest BCUT2D eigenvalue weighted by Gasteiger charge is -2.26. The first-order valence-corrected chi connectivity index (χ1v) is 7.30. The zero-order chi connectivity index (χ0) is 14.7. The maximum absolute atomic E-state index is 12.2. The van der Waals surface area contributed by atoms with Crippen molar-refractivity contribution in [2.24, 2.45) is 0 Å². The molecular formula is C17H19N3O. The van der Waals surface area contributed by atoms with Gasteiger partial charge in [0, 0.05) is 17.6 Å². The van der Waals surface area contributed by atoms with Crippen molar-refractivity contribution in [1.82, 2.24) is 10.3 Å². The smallest absolute Gasteiger partial charge is 0.226 e. The SMILES string of the molecule is Nc1ccc2c(c1)CCCC2NC(=O)Cc1ccccn1. The molecule has 1 amide bonds. The van der Waals surface area contributed by atoms with E-state index in [0.717, 1.165) is 30.6 Å². The Labute approximate surface area is 124 Å². The highest BCUT2D eigenvalue weighted by molar-refractivity contribution is 5.78. The van der Waals surface area contributed by atoms with E-state index in [4.69, 9.17) is 5.73 Å². The molecule has 0 bridgehead atoms. The van der Waals surface area contributed by atoms with Crippen molar-refractivity contribution < 1.29 is 4.79 Å². The first-order valence-electron chi connectivity index (χ1n) is 7.30. The summed E-state index contributed by atoms with van der Waals surface area (Å²) in [6, 6.07) is 11.7. The molecule has 108 valence electrons. The normalized spacial score (nSPS) is 17.0. The van der Waals surface area contributed by atoms with Crippen LogP contribution in [0.3, 0.4) is 0 Å². The van der Waals surface area contributed by atoms with Crippen LogP contribution in [0.1, 0.15) is 35.7 Å². The molecule has 0 spiro atoms. The van der Waals surface area contributed by atoms with Crippen molar-refractivity contribution >= 4 is 11.6 Å². The van der Waals surface area contributed by atoms with Gasteiger partial charge in [0.1, 0.15) is 0 Å². The van der Waals surface area contributed by atoms with Crippen LogP contribution in [-0.2, 0) is 17.6 Å². The predicted octanol–water partition coefficient (Wildman–Crippen LogP) is 2.40. The Morgan fingerprint density at radius 2 is 2.24 bits per heavy atom. The number of nitrogen functional groups attached to an aromatic ring is 1. The Morgan fingerprint density at radius 3 is 3.05 bits per heavy atom. The van der Waals surface area contributed by atoms with E-state index in [1.807, 2.05) is 36.4 Å². The average molecular weight is 281 g/mol. The second kappa shape index (κ2) is 5.95. The molecule has 3 N–H and O–H groups in total. The van der Waals surface area contributed by atoms with Gasteiger partial charge in [0.05, 0.1) is 12.5 Å². The fourth-order valence-corrected chi connectivity index (χ4v) is 2.90. The second-order valence-corrected chi connectivity index (χ2v) is 5.47. The van der Waals surface area contributed by atoms with Crippen molar-refractivity contribution in [2.75, 3.05) is 5.73 Å². The Bertz CT molecular complexity index is 640. The Balaban J connectivity index is 1.70. The van der Waals surface area contributed by atoms with E-state index in [0.29, 0.717) is 6.42 Å². The molecule has 1 aliphatic carbocycles. The van der Waals surface area contributed by atoms with Crippen LogP contribution in [0.2, 0.25) is 0 Å². The third-order valence-corrected chi connectivity index (χ3v) is 3.88.